The molecule has 1 fully saturated rings. The highest BCUT2D eigenvalue weighted by Gasteiger charge is 2.35. The summed E-state index contributed by atoms with van der Waals surface area (Å²) in [6.07, 6.45) is 3.13. The van der Waals surface area contributed by atoms with Crippen molar-refractivity contribution < 1.29 is 17.2 Å². The maximum Gasteiger partial charge on any atom is 0.252 e. The Morgan fingerprint density at radius 1 is 1.30 bits per heavy atom. The van der Waals surface area contributed by atoms with Gasteiger partial charge in [0.05, 0.1) is 11.4 Å². The van der Waals surface area contributed by atoms with Gasteiger partial charge in [0.1, 0.15) is 11.1 Å². The SMILES string of the molecule is Cc1ccn(-c2nc(NC3CCC(F)(F)CC3)cc(C(C)S(C)(=O)=O)n2)n1. The minimum Gasteiger partial charge on any atom is -0.367 e. The molecule has 0 amide bonds. The van der Waals surface area contributed by atoms with Crippen LogP contribution in [0.1, 0.15) is 49.2 Å². The standard InChI is InChI=1S/C17H23F2N5O2S/c1-11-6-9-24(23-11)16-21-14(12(2)27(3,25)26)10-15(22-16)20-13-4-7-17(18,19)8-5-13/h6,9-10,12-13H,4-5,7-8H2,1-3H3,(H,20,21,22). The average molecular weight is 399 g/mol. The molecule has 1 aliphatic carbocycles. The van der Waals surface area contributed by atoms with Crippen LogP contribution < -0.4 is 5.32 Å². The first-order chi connectivity index (χ1) is 12.5. The molecule has 2 aromatic rings. The second-order valence-corrected chi connectivity index (χ2v) is 9.49. The molecule has 2 aromatic heterocycles. The predicted octanol–water partition coefficient (Wildman–Crippen LogP) is 3.07. The molecule has 1 N–H and O–H groups in total. The second-order valence-electron chi connectivity index (χ2n) is 7.13. The summed E-state index contributed by atoms with van der Waals surface area (Å²) in [7, 11) is -3.36. The van der Waals surface area contributed by atoms with Crippen LogP contribution >= 0.6 is 0 Å². The van der Waals surface area contributed by atoms with Crippen LogP contribution in [0.5, 0.6) is 0 Å². The fourth-order valence-electron chi connectivity index (χ4n) is 2.98. The number of nitrogens with one attached hydrogen (secondary N) is 1. The van der Waals surface area contributed by atoms with Crippen molar-refractivity contribution in [2.24, 2.45) is 0 Å². The highest BCUT2D eigenvalue weighted by atomic mass is 32.2. The van der Waals surface area contributed by atoms with Gasteiger partial charge in [-0.15, -0.1) is 0 Å². The summed E-state index contributed by atoms with van der Waals surface area (Å²) in [6, 6.07) is 3.21. The molecular weight excluding hydrogens is 376 g/mol. The lowest BCUT2D eigenvalue weighted by Crippen LogP contribution is -2.32. The van der Waals surface area contributed by atoms with E-state index in [1.165, 1.54) is 4.68 Å². The average Bonchev–Trinajstić information content (AvgIpc) is 3.01. The number of aryl methyl sites for hydroxylation is 1. The van der Waals surface area contributed by atoms with Crippen LogP contribution in [0.4, 0.5) is 14.6 Å². The van der Waals surface area contributed by atoms with E-state index in [1.54, 1.807) is 25.3 Å². The van der Waals surface area contributed by atoms with Crippen LogP contribution in [0.15, 0.2) is 18.3 Å². The fourth-order valence-corrected chi connectivity index (χ4v) is 3.54. The van der Waals surface area contributed by atoms with E-state index in [2.05, 4.69) is 20.4 Å². The van der Waals surface area contributed by atoms with Crippen LogP contribution in [-0.4, -0.2) is 46.4 Å². The van der Waals surface area contributed by atoms with Crippen molar-refractivity contribution >= 4 is 15.7 Å². The van der Waals surface area contributed by atoms with Gasteiger partial charge in [0, 0.05) is 37.4 Å². The number of hydrogen-bond acceptors (Lipinski definition) is 6. The lowest BCUT2D eigenvalue weighted by molar-refractivity contribution is -0.0361. The van der Waals surface area contributed by atoms with E-state index in [0.717, 1.165) is 11.9 Å². The lowest BCUT2D eigenvalue weighted by Gasteiger charge is -2.29. The molecule has 1 aliphatic rings. The molecule has 2 heterocycles. The van der Waals surface area contributed by atoms with Crippen molar-refractivity contribution in [1.29, 1.82) is 0 Å². The molecule has 27 heavy (non-hydrogen) atoms. The van der Waals surface area contributed by atoms with Crippen molar-refractivity contribution in [2.45, 2.75) is 56.7 Å². The minimum atomic E-state index is -3.36. The van der Waals surface area contributed by atoms with Gasteiger partial charge in [0.25, 0.3) is 5.95 Å². The van der Waals surface area contributed by atoms with Gasteiger partial charge in [0.2, 0.25) is 5.92 Å². The van der Waals surface area contributed by atoms with Crippen LogP contribution in [-0.2, 0) is 9.84 Å². The number of halogens is 2. The molecule has 0 aliphatic heterocycles. The van der Waals surface area contributed by atoms with Crippen molar-refractivity contribution in [3.8, 4) is 5.95 Å². The van der Waals surface area contributed by atoms with E-state index >= 15 is 0 Å². The fraction of sp³-hybridized carbons (Fsp3) is 0.588. The quantitative estimate of drug-likeness (QED) is 0.831. The summed E-state index contributed by atoms with van der Waals surface area (Å²) in [4.78, 5) is 8.76. The van der Waals surface area contributed by atoms with E-state index in [4.69, 9.17) is 0 Å². The molecule has 3 rings (SSSR count). The Labute approximate surface area is 157 Å². The van der Waals surface area contributed by atoms with E-state index in [9.17, 15) is 17.2 Å². The van der Waals surface area contributed by atoms with Crippen molar-refractivity contribution in [3.63, 3.8) is 0 Å². The predicted molar refractivity (Wildman–Crippen MR) is 98.0 cm³/mol. The Bertz CT molecular complexity index is 919. The number of anilines is 1. The Morgan fingerprint density at radius 3 is 2.52 bits per heavy atom. The normalized spacial score (nSPS) is 19.0. The van der Waals surface area contributed by atoms with Gasteiger partial charge < -0.3 is 5.32 Å². The second kappa shape index (κ2) is 7.14. The molecule has 1 unspecified atom stereocenters. The summed E-state index contributed by atoms with van der Waals surface area (Å²) < 4.78 is 52.2. The first-order valence-corrected chi connectivity index (χ1v) is 10.7. The number of alkyl halides is 2. The number of nitrogens with zero attached hydrogens (tertiary/aromatic N) is 4. The van der Waals surface area contributed by atoms with E-state index in [0.29, 0.717) is 24.4 Å². The molecule has 0 saturated heterocycles. The molecular formula is C17H23F2N5O2S. The summed E-state index contributed by atoms with van der Waals surface area (Å²) in [5.41, 5.74) is 1.10. The number of hydrogen-bond donors (Lipinski definition) is 1. The van der Waals surface area contributed by atoms with Gasteiger partial charge >= 0.3 is 0 Å². The van der Waals surface area contributed by atoms with Crippen LogP contribution in [0.3, 0.4) is 0 Å². The molecule has 0 aromatic carbocycles. The van der Waals surface area contributed by atoms with Crippen molar-refractivity contribution in [3.05, 3.63) is 29.7 Å². The van der Waals surface area contributed by atoms with E-state index < -0.39 is 21.0 Å². The molecule has 1 atom stereocenters. The van der Waals surface area contributed by atoms with Crippen molar-refractivity contribution in [1.82, 2.24) is 19.7 Å². The van der Waals surface area contributed by atoms with Crippen molar-refractivity contribution in [2.75, 3.05) is 11.6 Å². The zero-order valence-corrected chi connectivity index (χ0v) is 16.3. The number of sulfone groups is 1. The number of rotatable bonds is 5. The molecule has 10 heteroatoms. The molecule has 0 spiro atoms. The topological polar surface area (TPSA) is 89.8 Å². The third-order valence-electron chi connectivity index (χ3n) is 4.79. The van der Waals surface area contributed by atoms with Crippen LogP contribution in [0, 0.1) is 6.92 Å². The van der Waals surface area contributed by atoms with Gasteiger partial charge in [-0.1, -0.05) is 0 Å². The molecule has 148 valence electrons. The maximum absolute atomic E-state index is 13.4. The summed E-state index contributed by atoms with van der Waals surface area (Å²) >= 11 is 0. The van der Waals surface area contributed by atoms with Gasteiger partial charge in [-0.2, -0.15) is 10.1 Å². The number of aromatic nitrogens is 4. The maximum atomic E-state index is 13.4. The smallest absolute Gasteiger partial charge is 0.252 e. The van der Waals surface area contributed by atoms with E-state index in [-0.39, 0.29) is 24.8 Å². The zero-order valence-electron chi connectivity index (χ0n) is 15.5. The third-order valence-corrected chi connectivity index (χ3v) is 6.32. The summed E-state index contributed by atoms with van der Waals surface area (Å²) in [6.45, 7) is 3.38. The van der Waals surface area contributed by atoms with Gasteiger partial charge in [-0.3, -0.25) is 0 Å². The van der Waals surface area contributed by atoms with Gasteiger partial charge in [0.15, 0.2) is 9.84 Å². The zero-order chi connectivity index (χ0) is 19.8. The highest BCUT2D eigenvalue weighted by Crippen LogP contribution is 2.34. The molecule has 0 bridgehead atoms. The van der Waals surface area contributed by atoms with Crippen LogP contribution in [0.25, 0.3) is 5.95 Å². The monoisotopic (exact) mass is 399 g/mol. The highest BCUT2D eigenvalue weighted by molar-refractivity contribution is 7.90. The molecule has 7 nitrogen and oxygen atoms in total. The first-order valence-electron chi connectivity index (χ1n) is 8.78. The Balaban J connectivity index is 1.92. The summed E-state index contributed by atoms with van der Waals surface area (Å²) in [5, 5.41) is 6.60. The Morgan fingerprint density at radius 2 is 1.96 bits per heavy atom. The molecule has 0 radical (unpaired) electrons. The largest absolute Gasteiger partial charge is 0.367 e. The lowest BCUT2D eigenvalue weighted by atomic mass is 9.92. The van der Waals surface area contributed by atoms with E-state index in [1.807, 2.05) is 6.92 Å². The van der Waals surface area contributed by atoms with Gasteiger partial charge in [-0.05, 0) is 32.8 Å². The molecule has 1 saturated carbocycles. The van der Waals surface area contributed by atoms with Gasteiger partial charge in [-0.25, -0.2) is 26.9 Å². The third kappa shape index (κ3) is 4.79. The Hall–Kier alpha value is -2.10. The summed E-state index contributed by atoms with van der Waals surface area (Å²) in [5.74, 6) is -1.97. The first kappa shape index (κ1) is 19.7. The van der Waals surface area contributed by atoms with Crippen LogP contribution in [0.2, 0.25) is 0 Å². The minimum absolute atomic E-state index is 0.145. The Kier molecular flexibility index (Phi) is 5.20.